The van der Waals surface area contributed by atoms with Gasteiger partial charge in [0.05, 0.1) is 17.7 Å². The topological polar surface area (TPSA) is 87.3 Å². The maximum Gasteiger partial charge on any atom is 0.338 e. The van der Waals surface area contributed by atoms with Crippen LogP contribution in [0.5, 0.6) is 0 Å². The van der Waals surface area contributed by atoms with Crippen LogP contribution in [0.3, 0.4) is 0 Å². The third-order valence-corrected chi connectivity index (χ3v) is 3.75. The van der Waals surface area contributed by atoms with Gasteiger partial charge in [-0.15, -0.1) is 0 Å². The number of nitrogens with zero attached hydrogens (tertiary/aromatic N) is 2. The molecule has 7 heteroatoms. The van der Waals surface area contributed by atoms with Gasteiger partial charge in [0.15, 0.2) is 0 Å². The van der Waals surface area contributed by atoms with E-state index in [9.17, 15) is 9.59 Å². The van der Waals surface area contributed by atoms with Gasteiger partial charge in [0.2, 0.25) is 5.91 Å². The highest BCUT2D eigenvalue weighted by Gasteiger charge is 2.19. The Balaban J connectivity index is 1.92. The molecular formula is C18H24N4O3. The predicted molar refractivity (Wildman–Crippen MR) is 95.1 cm³/mol. The van der Waals surface area contributed by atoms with E-state index in [0.717, 1.165) is 5.69 Å². The highest BCUT2D eigenvalue weighted by molar-refractivity contribution is 5.95. The van der Waals surface area contributed by atoms with Gasteiger partial charge in [-0.2, -0.15) is 5.10 Å². The zero-order chi connectivity index (χ0) is 18.4. The van der Waals surface area contributed by atoms with Crippen LogP contribution < -0.4 is 5.32 Å². The zero-order valence-electron chi connectivity index (χ0n) is 14.9. The van der Waals surface area contributed by atoms with Crippen molar-refractivity contribution >= 4 is 17.6 Å². The number of aromatic amines is 1. The Kier molecular flexibility index (Phi) is 6.30. The number of nitrogens with one attached hydrogen (secondary N) is 2. The maximum atomic E-state index is 12.4. The minimum atomic E-state index is -0.375. The van der Waals surface area contributed by atoms with Gasteiger partial charge in [-0.3, -0.25) is 14.8 Å². The van der Waals surface area contributed by atoms with Gasteiger partial charge in [0, 0.05) is 24.1 Å². The first-order valence-electron chi connectivity index (χ1n) is 8.17. The van der Waals surface area contributed by atoms with Crippen LogP contribution in [-0.2, 0) is 16.1 Å². The number of ether oxygens (including phenoxy) is 1. The van der Waals surface area contributed by atoms with Crippen LogP contribution in [0.4, 0.5) is 5.69 Å². The average Bonchev–Trinajstić information content (AvgIpc) is 3.07. The van der Waals surface area contributed by atoms with Crippen molar-refractivity contribution in [2.45, 2.75) is 39.5 Å². The molecule has 0 radical (unpaired) electrons. The molecule has 0 aliphatic rings. The lowest BCUT2D eigenvalue weighted by Gasteiger charge is -2.23. The number of H-pyrrole nitrogens is 1. The highest BCUT2D eigenvalue weighted by Crippen LogP contribution is 2.13. The zero-order valence-corrected chi connectivity index (χ0v) is 14.9. The number of likely N-dealkylation sites (N-methyl/N-ethyl adjacent to an activating group) is 1. The summed E-state index contributed by atoms with van der Waals surface area (Å²) in [7, 11) is 1.87. The van der Waals surface area contributed by atoms with Gasteiger partial charge in [-0.25, -0.2) is 4.79 Å². The van der Waals surface area contributed by atoms with Crippen LogP contribution in [0, 0.1) is 0 Å². The number of carbonyl (C=O) groups excluding carboxylic acids is 2. The summed E-state index contributed by atoms with van der Waals surface area (Å²) in [5, 5.41) is 9.62. The van der Waals surface area contributed by atoms with Crippen LogP contribution in [0.1, 0.15) is 36.8 Å². The van der Waals surface area contributed by atoms with Crippen molar-refractivity contribution in [1.82, 2.24) is 15.1 Å². The standard InChI is InChI=1S/C18H24N4O3/c1-12(2)25-18(24)14-5-7-15(8-6-14)20-17(23)13(3)22(4)11-16-9-10-19-21-16/h5-10,12-13H,11H2,1-4H3,(H,19,21)(H,20,23). The minimum Gasteiger partial charge on any atom is -0.459 e. The van der Waals surface area contributed by atoms with Crippen molar-refractivity contribution in [1.29, 1.82) is 0 Å². The molecule has 2 aromatic rings. The van der Waals surface area contributed by atoms with Gasteiger partial charge in [-0.05, 0) is 58.2 Å². The molecule has 134 valence electrons. The molecule has 0 fully saturated rings. The third kappa shape index (κ3) is 5.42. The molecule has 1 heterocycles. The lowest BCUT2D eigenvalue weighted by molar-refractivity contribution is -0.120. The fourth-order valence-corrected chi connectivity index (χ4v) is 2.20. The molecule has 1 aromatic heterocycles. The van der Waals surface area contributed by atoms with Crippen LogP contribution in [0.15, 0.2) is 36.5 Å². The van der Waals surface area contributed by atoms with Gasteiger partial charge < -0.3 is 10.1 Å². The quantitative estimate of drug-likeness (QED) is 0.753. The Morgan fingerprint density at radius 3 is 2.44 bits per heavy atom. The Morgan fingerprint density at radius 2 is 1.88 bits per heavy atom. The fourth-order valence-electron chi connectivity index (χ4n) is 2.20. The van der Waals surface area contributed by atoms with Gasteiger partial charge in [0.25, 0.3) is 0 Å². The molecule has 1 unspecified atom stereocenters. The molecule has 0 saturated heterocycles. The summed E-state index contributed by atoms with van der Waals surface area (Å²) in [6.45, 7) is 6.02. The van der Waals surface area contributed by atoms with E-state index in [0.29, 0.717) is 17.8 Å². The maximum absolute atomic E-state index is 12.4. The molecule has 0 aliphatic carbocycles. The fraction of sp³-hybridized carbons (Fsp3) is 0.389. The van der Waals surface area contributed by atoms with Crippen molar-refractivity contribution < 1.29 is 14.3 Å². The SMILES string of the molecule is CC(C)OC(=O)c1ccc(NC(=O)C(C)N(C)Cc2ccn[nH]2)cc1. The van der Waals surface area contributed by atoms with Crippen molar-refractivity contribution in [3.05, 3.63) is 47.8 Å². The van der Waals surface area contributed by atoms with E-state index in [4.69, 9.17) is 4.74 Å². The second kappa shape index (κ2) is 8.43. The Bertz CT molecular complexity index is 696. The summed E-state index contributed by atoms with van der Waals surface area (Å²) in [6.07, 6.45) is 1.51. The average molecular weight is 344 g/mol. The number of hydrogen-bond donors (Lipinski definition) is 2. The number of aromatic nitrogens is 2. The first-order chi connectivity index (χ1) is 11.9. The van der Waals surface area contributed by atoms with E-state index in [-0.39, 0.29) is 24.0 Å². The van der Waals surface area contributed by atoms with Gasteiger partial charge in [0.1, 0.15) is 0 Å². The molecule has 0 bridgehead atoms. The number of benzene rings is 1. The number of esters is 1. The number of anilines is 1. The number of amides is 1. The van der Waals surface area contributed by atoms with E-state index >= 15 is 0 Å². The lowest BCUT2D eigenvalue weighted by atomic mass is 10.2. The highest BCUT2D eigenvalue weighted by atomic mass is 16.5. The molecule has 1 amide bonds. The second-order valence-electron chi connectivity index (χ2n) is 6.19. The Morgan fingerprint density at radius 1 is 1.20 bits per heavy atom. The molecule has 25 heavy (non-hydrogen) atoms. The molecule has 0 spiro atoms. The summed E-state index contributed by atoms with van der Waals surface area (Å²) in [5.74, 6) is -0.500. The van der Waals surface area contributed by atoms with Gasteiger partial charge >= 0.3 is 5.97 Å². The molecule has 0 saturated carbocycles. The first-order valence-corrected chi connectivity index (χ1v) is 8.17. The summed E-state index contributed by atoms with van der Waals surface area (Å²) in [4.78, 5) is 26.1. The monoisotopic (exact) mass is 344 g/mol. The number of rotatable bonds is 7. The molecule has 1 aromatic carbocycles. The molecule has 7 nitrogen and oxygen atoms in total. The summed E-state index contributed by atoms with van der Waals surface area (Å²) in [5.41, 5.74) is 2.03. The van der Waals surface area contributed by atoms with Crippen LogP contribution in [-0.4, -0.2) is 46.2 Å². The predicted octanol–water partition coefficient (Wildman–Crippen LogP) is 2.43. The largest absolute Gasteiger partial charge is 0.459 e. The van der Waals surface area contributed by atoms with E-state index < -0.39 is 0 Å². The van der Waals surface area contributed by atoms with E-state index in [1.54, 1.807) is 44.3 Å². The lowest BCUT2D eigenvalue weighted by Crippen LogP contribution is -2.39. The molecule has 2 rings (SSSR count). The summed E-state index contributed by atoms with van der Waals surface area (Å²) >= 11 is 0. The normalized spacial score (nSPS) is 12.2. The third-order valence-electron chi connectivity index (χ3n) is 3.75. The van der Waals surface area contributed by atoms with Crippen molar-refractivity contribution in [2.75, 3.05) is 12.4 Å². The summed E-state index contributed by atoms with van der Waals surface area (Å²) in [6, 6.07) is 8.20. The van der Waals surface area contributed by atoms with Crippen LogP contribution in [0.2, 0.25) is 0 Å². The minimum absolute atomic E-state index is 0.125. The Hall–Kier alpha value is -2.67. The second-order valence-corrected chi connectivity index (χ2v) is 6.19. The summed E-state index contributed by atoms with van der Waals surface area (Å²) < 4.78 is 5.14. The number of hydrogen-bond acceptors (Lipinski definition) is 5. The Labute approximate surface area is 147 Å². The molecule has 0 aliphatic heterocycles. The smallest absolute Gasteiger partial charge is 0.338 e. The van der Waals surface area contributed by atoms with Crippen LogP contribution >= 0.6 is 0 Å². The molecule has 2 N–H and O–H groups in total. The van der Waals surface area contributed by atoms with Gasteiger partial charge in [-0.1, -0.05) is 0 Å². The molecule has 1 atom stereocenters. The number of carbonyl (C=O) groups is 2. The molecular weight excluding hydrogens is 320 g/mol. The van der Waals surface area contributed by atoms with E-state index in [2.05, 4.69) is 15.5 Å². The first kappa shape index (κ1) is 18.7. The van der Waals surface area contributed by atoms with E-state index in [1.165, 1.54) is 0 Å². The van der Waals surface area contributed by atoms with Crippen LogP contribution in [0.25, 0.3) is 0 Å². The van der Waals surface area contributed by atoms with E-state index in [1.807, 2.05) is 24.9 Å². The van der Waals surface area contributed by atoms with Crippen molar-refractivity contribution in [3.63, 3.8) is 0 Å². The van der Waals surface area contributed by atoms with Crippen molar-refractivity contribution in [2.24, 2.45) is 0 Å². The van der Waals surface area contributed by atoms with Crippen molar-refractivity contribution in [3.8, 4) is 0 Å².